The second kappa shape index (κ2) is 6.03. The van der Waals surface area contributed by atoms with Crippen LogP contribution in [0.4, 0.5) is 5.69 Å². The molecule has 1 aromatic carbocycles. The van der Waals surface area contributed by atoms with Crippen LogP contribution in [0.15, 0.2) is 23.1 Å². The maximum atomic E-state index is 12.7. The van der Waals surface area contributed by atoms with E-state index in [0.717, 1.165) is 5.56 Å². The van der Waals surface area contributed by atoms with E-state index >= 15 is 0 Å². The number of hydrogen-bond acceptors (Lipinski definition) is 5. The zero-order valence-electron chi connectivity index (χ0n) is 12.2. The van der Waals surface area contributed by atoms with Gasteiger partial charge in [0.1, 0.15) is 0 Å². The number of rotatable bonds is 3. The molecule has 0 radical (unpaired) electrons. The number of carbonyl (C=O) groups is 1. The van der Waals surface area contributed by atoms with E-state index in [1.807, 2.05) is 0 Å². The maximum Gasteiger partial charge on any atom is 0.309 e. The average Bonchev–Trinajstić information content (AvgIpc) is 2.45. The average molecular weight is 312 g/mol. The number of methoxy groups -OCH3 is 1. The van der Waals surface area contributed by atoms with Gasteiger partial charge in [0, 0.05) is 18.8 Å². The molecule has 1 unspecified atom stereocenters. The predicted molar refractivity (Wildman–Crippen MR) is 79.1 cm³/mol. The van der Waals surface area contributed by atoms with Crippen molar-refractivity contribution in [3.8, 4) is 0 Å². The minimum absolute atomic E-state index is 0.156. The van der Waals surface area contributed by atoms with Crippen LogP contribution in [0.5, 0.6) is 0 Å². The van der Waals surface area contributed by atoms with Crippen molar-refractivity contribution < 1.29 is 17.9 Å². The lowest BCUT2D eigenvalue weighted by Crippen LogP contribution is -2.42. The Balaban J connectivity index is 2.28. The van der Waals surface area contributed by atoms with Crippen molar-refractivity contribution in [1.82, 2.24) is 4.31 Å². The summed E-state index contributed by atoms with van der Waals surface area (Å²) in [7, 11) is -2.32. The molecule has 0 bridgehead atoms. The molecule has 1 atom stereocenters. The topological polar surface area (TPSA) is 89.7 Å². The summed E-state index contributed by atoms with van der Waals surface area (Å²) in [6.07, 6.45) is 1.29. The molecule has 2 rings (SSSR count). The van der Waals surface area contributed by atoms with Gasteiger partial charge in [-0.3, -0.25) is 4.79 Å². The number of ether oxygens (including phenoxy) is 1. The molecule has 6 nitrogen and oxygen atoms in total. The highest BCUT2D eigenvalue weighted by Crippen LogP contribution is 2.26. The molecule has 0 aromatic heterocycles. The fourth-order valence-corrected chi connectivity index (χ4v) is 4.26. The number of aryl methyl sites for hydroxylation is 1. The highest BCUT2D eigenvalue weighted by Gasteiger charge is 2.33. The molecule has 1 aliphatic heterocycles. The summed E-state index contributed by atoms with van der Waals surface area (Å²) < 4.78 is 31.4. The molecule has 0 aliphatic carbocycles. The Morgan fingerprint density at radius 2 is 2.10 bits per heavy atom. The second-order valence-electron chi connectivity index (χ2n) is 5.30. The summed E-state index contributed by atoms with van der Waals surface area (Å²) in [6.45, 7) is 2.36. The van der Waals surface area contributed by atoms with Gasteiger partial charge in [-0.1, -0.05) is 0 Å². The number of nitrogens with zero attached hydrogens (tertiary/aromatic N) is 1. The van der Waals surface area contributed by atoms with Crippen molar-refractivity contribution >= 4 is 21.7 Å². The first kappa shape index (κ1) is 15.8. The van der Waals surface area contributed by atoms with E-state index in [0.29, 0.717) is 25.1 Å². The van der Waals surface area contributed by atoms with Gasteiger partial charge in [-0.05, 0) is 43.5 Å². The predicted octanol–water partition coefficient (Wildman–Crippen LogP) is 1.15. The van der Waals surface area contributed by atoms with E-state index in [9.17, 15) is 13.2 Å². The Morgan fingerprint density at radius 3 is 2.71 bits per heavy atom. The van der Waals surface area contributed by atoms with Crippen LogP contribution in [0.3, 0.4) is 0 Å². The van der Waals surface area contributed by atoms with Gasteiger partial charge in [-0.2, -0.15) is 4.31 Å². The fraction of sp³-hybridized carbons (Fsp3) is 0.500. The van der Waals surface area contributed by atoms with Crippen LogP contribution in [0, 0.1) is 12.8 Å². The van der Waals surface area contributed by atoms with E-state index in [1.54, 1.807) is 19.1 Å². The molecule has 2 N–H and O–H groups in total. The molecule has 1 heterocycles. The van der Waals surface area contributed by atoms with E-state index in [-0.39, 0.29) is 17.4 Å². The SMILES string of the molecule is COC(=O)C1CCCN(S(=O)(=O)c2cc(C)cc(N)c2)C1. The van der Waals surface area contributed by atoms with Crippen LogP contribution in [0.25, 0.3) is 0 Å². The van der Waals surface area contributed by atoms with Gasteiger partial charge in [0.25, 0.3) is 0 Å². The smallest absolute Gasteiger partial charge is 0.309 e. The molecule has 21 heavy (non-hydrogen) atoms. The highest BCUT2D eigenvalue weighted by atomic mass is 32.2. The Morgan fingerprint density at radius 1 is 1.38 bits per heavy atom. The van der Waals surface area contributed by atoms with E-state index in [4.69, 9.17) is 10.5 Å². The minimum Gasteiger partial charge on any atom is -0.469 e. The van der Waals surface area contributed by atoms with E-state index < -0.39 is 15.9 Å². The number of carbonyl (C=O) groups excluding carboxylic acids is 1. The normalized spacial score (nSPS) is 20.2. The standard InChI is InChI=1S/C14H20N2O4S/c1-10-6-12(15)8-13(7-10)21(18,19)16-5-3-4-11(9-16)14(17)20-2/h6-8,11H,3-5,9,15H2,1-2H3. The molecule has 1 saturated heterocycles. The number of piperidine rings is 1. The summed E-state index contributed by atoms with van der Waals surface area (Å²) in [5, 5.41) is 0. The zero-order chi connectivity index (χ0) is 15.6. The monoisotopic (exact) mass is 312 g/mol. The molecule has 0 amide bonds. The fourth-order valence-electron chi connectivity index (χ4n) is 2.59. The van der Waals surface area contributed by atoms with Gasteiger partial charge in [0.2, 0.25) is 10.0 Å². The van der Waals surface area contributed by atoms with Crippen molar-refractivity contribution in [3.05, 3.63) is 23.8 Å². The molecule has 1 aromatic rings. The second-order valence-corrected chi connectivity index (χ2v) is 7.24. The molecule has 0 spiro atoms. The number of hydrogen-bond donors (Lipinski definition) is 1. The molecule has 1 fully saturated rings. The first-order valence-corrected chi connectivity index (χ1v) is 8.23. The Labute approximate surface area is 124 Å². The Hall–Kier alpha value is -1.60. The molecular formula is C14H20N2O4S. The van der Waals surface area contributed by atoms with Crippen LogP contribution >= 0.6 is 0 Å². The van der Waals surface area contributed by atoms with Gasteiger partial charge in [0.05, 0.1) is 17.9 Å². The largest absolute Gasteiger partial charge is 0.469 e. The lowest BCUT2D eigenvalue weighted by molar-refractivity contribution is -0.146. The van der Waals surface area contributed by atoms with Crippen molar-refractivity contribution in [1.29, 1.82) is 0 Å². The van der Waals surface area contributed by atoms with E-state index in [2.05, 4.69) is 0 Å². The Bertz CT molecular complexity index is 622. The molecule has 1 aliphatic rings. The third-order valence-electron chi connectivity index (χ3n) is 3.63. The number of anilines is 1. The van der Waals surface area contributed by atoms with Gasteiger partial charge < -0.3 is 10.5 Å². The van der Waals surface area contributed by atoms with Gasteiger partial charge in [0.15, 0.2) is 0 Å². The first-order chi connectivity index (χ1) is 9.84. The maximum absolute atomic E-state index is 12.7. The van der Waals surface area contributed by atoms with Gasteiger partial charge in [-0.15, -0.1) is 0 Å². The van der Waals surface area contributed by atoms with E-state index in [1.165, 1.54) is 17.5 Å². The molecular weight excluding hydrogens is 292 g/mol. The highest BCUT2D eigenvalue weighted by molar-refractivity contribution is 7.89. The molecule has 0 saturated carbocycles. The Kier molecular flexibility index (Phi) is 4.53. The number of benzene rings is 1. The van der Waals surface area contributed by atoms with Crippen molar-refractivity contribution in [2.75, 3.05) is 25.9 Å². The number of esters is 1. The number of nitrogens with two attached hydrogens (primary N) is 1. The molecule has 7 heteroatoms. The minimum atomic E-state index is -3.64. The van der Waals surface area contributed by atoms with Crippen molar-refractivity contribution in [2.45, 2.75) is 24.7 Å². The summed E-state index contributed by atoms with van der Waals surface area (Å²) in [5.74, 6) is -0.765. The number of sulfonamides is 1. The number of nitrogen functional groups attached to an aromatic ring is 1. The summed E-state index contributed by atoms with van der Waals surface area (Å²) in [4.78, 5) is 11.8. The molecule has 116 valence electrons. The lowest BCUT2D eigenvalue weighted by atomic mass is 10.0. The van der Waals surface area contributed by atoms with Crippen molar-refractivity contribution in [3.63, 3.8) is 0 Å². The van der Waals surface area contributed by atoms with Crippen LogP contribution in [-0.2, 0) is 19.6 Å². The zero-order valence-corrected chi connectivity index (χ0v) is 13.0. The van der Waals surface area contributed by atoms with Crippen molar-refractivity contribution in [2.24, 2.45) is 5.92 Å². The van der Waals surface area contributed by atoms with Crippen LogP contribution in [0.2, 0.25) is 0 Å². The van der Waals surface area contributed by atoms with Crippen LogP contribution < -0.4 is 5.73 Å². The third-order valence-corrected chi connectivity index (χ3v) is 5.47. The summed E-state index contributed by atoms with van der Waals surface area (Å²) in [6, 6.07) is 4.75. The lowest BCUT2D eigenvalue weighted by Gasteiger charge is -2.30. The first-order valence-electron chi connectivity index (χ1n) is 6.79. The third kappa shape index (κ3) is 3.36. The van der Waals surface area contributed by atoms with Crippen LogP contribution in [-0.4, -0.2) is 38.9 Å². The summed E-state index contributed by atoms with van der Waals surface area (Å²) >= 11 is 0. The summed E-state index contributed by atoms with van der Waals surface area (Å²) in [5.41, 5.74) is 6.92. The quantitative estimate of drug-likeness (QED) is 0.668. The van der Waals surface area contributed by atoms with Gasteiger partial charge >= 0.3 is 5.97 Å². The van der Waals surface area contributed by atoms with Gasteiger partial charge in [-0.25, -0.2) is 8.42 Å². The van der Waals surface area contributed by atoms with Crippen LogP contribution in [0.1, 0.15) is 18.4 Å².